The first-order chi connectivity index (χ1) is 10.3. The van der Waals surface area contributed by atoms with Crippen LogP contribution in [0.4, 0.5) is 5.82 Å². The quantitative estimate of drug-likeness (QED) is 0.555. The van der Waals surface area contributed by atoms with Crippen LogP contribution in [0.5, 0.6) is 0 Å². The van der Waals surface area contributed by atoms with Crippen molar-refractivity contribution in [3.8, 4) is 0 Å². The van der Waals surface area contributed by atoms with Gasteiger partial charge in [-0.15, -0.1) is 0 Å². The number of nitrogens with zero attached hydrogens (tertiary/aromatic N) is 4. The number of fused-ring (bicyclic) bond motifs is 1. The van der Waals surface area contributed by atoms with Crippen molar-refractivity contribution >= 4 is 24.6 Å². The van der Waals surface area contributed by atoms with Crippen molar-refractivity contribution in [2.45, 2.75) is 25.5 Å². The van der Waals surface area contributed by atoms with E-state index in [2.05, 4.69) is 15.0 Å². The number of nitrogen functional groups attached to an aromatic ring is 1. The second-order valence-electron chi connectivity index (χ2n) is 5.24. The van der Waals surface area contributed by atoms with Gasteiger partial charge in [0.05, 0.1) is 18.5 Å². The highest BCUT2D eigenvalue weighted by molar-refractivity contribution is 7.51. The van der Waals surface area contributed by atoms with Gasteiger partial charge in [0, 0.05) is 6.42 Å². The molecule has 0 saturated carbocycles. The zero-order valence-electron chi connectivity index (χ0n) is 11.8. The highest BCUT2D eigenvalue weighted by Crippen LogP contribution is 2.38. The molecule has 3 rings (SSSR count). The Morgan fingerprint density at radius 2 is 2.23 bits per heavy atom. The van der Waals surface area contributed by atoms with E-state index in [0.717, 1.165) is 5.57 Å². The standard InChI is InChI=1S/C12H16N5O4P/c1-7-2-8(21-6-22(18,19)20)3-9(7)17-5-16-10-11(13)14-4-15-12(10)17/h2,4-5,8-9H,3,6H2,1H3,(H2,13,14,15)(H2,18,19,20)/t8-,9-/m1/s1. The van der Waals surface area contributed by atoms with Crippen LogP contribution in [0.25, 0.3) is 11.2 Å². The number of nitrogens with two attached hydrogens (primary N) is 1. The third-order valence-corrected chi connectivity index (χ3v) is 4.10. The highest BCUT2D eigenvalue weighted by Gasteiger charge is 2.29. The van der Waals surface area contributed by atoms with Crippen molar-refractivity contribution in [3.63, 3.8) is 0 Å². The maximum absolute atomic E-state index is 10.9. The second-order valence-corrected chi connectivity index (χ2v) is 6.83. The topological polar surface area (TPSA) is 136 Å². The molecule has 0 saturated heterocycles. The second kappa shape index (κ2) is 5.44. The van der Waals surface area contributed by atoms with Crippen LogP contribution in [0, 0.1) is 0 Å². The zero-order valence-corrected chi connectivity index (χ0v) is 12.7. The SMILES string of the molecule is CC1=C[C@@H](OCP(=O)(O)O)C[C@H]1n1cnc2c(N)ncnc21. The van der Waals surface area contributed by atoms with Crippen molar-refractivity contribution in [3.05, 3.63) is 24.3 Å². The van der Waals surface area contributed by atoms with E-state index in [9.17, 15) is 4.57 Å². The molecule has 2 aromatic heterocycles. The normalized spacial score (nSPS) is 22.2. The Bertz CT molecular complexity index is 783. The lowest BCUT2D eigenvalue weighted by Gasteiger charge is -2.16. The minimum Gasteiger partial charge on any atom is -0.382 e. The minimum atomic E-state index is -4.17. The molecule has 0 bridgehead atoms. The van der Waals surface area contributed by atoms with Gasteiger partial charge in [-0.2, -0.15) is 0 Å². The molecule has 9 nitrogen and oxygen atoms in total. The molecule has 0 fully saturated rings. The molecule has 0 aliphatic heterocycles. The summed E-state index contributed by atoms with van der Waals surface area (Å²) in [7, 11) is -4.17. The minimum absolute atomic E-state index is 0.0407. The molecular formula is C12H16N5O4P. The number of anilines is 1. The van der Waals surface area contributed by atoms with Crippen LogP contribution in [0.3, 0.4) is 0 Å². The average molecular weight is 325 g/mol. The van der Waals surface area contributed by atoms with Gasteiger partial charge in [0.25, 0.3) is 0 Å². The molecule has 2 aromatic rings. The molecule has 0 aromatic carbocycles. The van der Waals surface area contributed by atoms with Crippen LogP contribution in [0.15, 0.2) is 24.3 Å². The molecule has 0 spiro atoms. The lowest BCUT2D eigenvalue weighted by molar-refractivity contribution is 0.102. The number of aromatic nitrogens is 4. The van der Waals surface area contributed by atoms with Gasteiger partial charge in [0.15, 0.2) is 11.5 Å². The summed E-state index contributed by atoms with van der Waals surface area (Å²) < 4.78 is 18.0. The number of hydrogen-bond acceptors (Lipinski definition) is 6. The van der Waals surface area contributed by atoms with Gasteiger partial charge in [0.1, 0.15) is 18.2 Å². The van der Waals surface area contributed by atoms with Crippen molar-refractivity contribution in [1.29, 1.82) is 0 Å². The largest absolute Gasteiger partial charge is 0.382 e. The first kappa shape index (κ1) is 15.1. The van der Waals surface area contributed by atoms with E-state index in [1.807, 2.05) is 17.6 Å². The molecule has 22 heavy (non-hydrogen) atoms. The molecule has 0 amide bonds. The maximum Gasteiger partial charge on any atom is 0.351 e. The smallest absolute Gasteiger partial charge is 0.351 e. The molecular weight excluding hydrogens is 309 g/mol. The van der Waals surface area contributed by atoms with Gasteiger partial charge in [0.2, 0.25) is 0 Å². The van der Waals surface area contributed by atoms with Crippen LogP contribution < -0.4 is 5.73 Å². The van der Waals surface area contributed by atoms with Crippen molar-refractivity contribution in [1.82, 2.24) is 19.5 Å². The fourth-order valence-corrected chi connectivity index (χ4v) is 3.00. The van der Waals surface area contributed by atoms with Gasteiger partial charge in [-0.1, -0.05) is 11.6 Å². The summed E-state index contributed by atoms with van der Waals surface area (Å²) in [5.41, 5.74) is 7.96. The summed E-state index contributed by atoms with van der Waals surface area (Å²) in [5, 5.41) is 0. The van der Waals surface area contributed by atoms with Gasteiger partial charge < -0.3 is 24.8 Å². The van der Waals surface area contributed by atoms with Gasteiger partial charge in [-0.25, -0.2) is 15.0 Å². The van der Waals surface area contributed by atoms with E-state index in [4.69, 9.17) is 20.3 Å². The first-order valence-corrected chi connectivity index (χ1v) is 8.42. The zero-order chi connectivity index (χ0) is 15.9. The predicted octanol–water partition coefficient (Wildman–Crippen LogP) is 0.820. The number of imidazole rings is 1. The van der Waals surface area contributed by atoms with E-state index in [0.29, 0.717) is 23.4 Å². The van der Waals surface area contributed by atoms with Crippen LogP contribution >= 0.6 is 7.60 Å². The predicted molar refractivity (Wildman–Crippen MR) is 78.9 cm³/mol. The van der Waals surface area contributed by atoms with E-state index in [1.54, 1.807) is 6.33 Å². The molecule has 4 N–H and O–H groups in total. The third-order valence-electron chi connectivity index (χ3n) is 3.61. The van der Waals surface area contributed by atoms with Crippen molar-refractivity contribution < 1.29 is 19.1 Å². The summed E-state index contributed by atoms with van der Waals surface area (Å²) in [6, 6.07) is -0.0407. The number of ether oxygens (including phenoxy) is 1. The van der Waals surface area contributed by atoms with Gasteiger partial charge in [-0.3, -0.25) is 4.57 Å². The molecule has 118 valence electrons. The lowest BCUT2D eigenvalue weighted by atomic mass is 10.1. The molecule has 1 aliphatic carbocycles. The van der Waals surface area contributed by atoms with Crippen LogP contribution in [-0.4, -0.2) is 41.8 Å². The van der Waals surface area contributed by atoms with Crippen molar-refractivity contribution in [2.24, 2.45) is 0 Å². The van der Waals surface area contributed by atoms with E-state index >= 15 is 0 Å². The van der Waals surface area contributed by atoms with Gasteiger partial charge >= 0.3 is 7.60 Å². The lowest BCUT2D eigenvalue weighted by Crippen LogP contribution is -2.13. The summed E-state index contributed by atoms with van der Waals surface area (Å²) in [6.07, 6.45) is 4.50. The summed E-state index contributed by atoms with van der Waals surface area (Å²) in [5.74, 6) is 0.317. The maximum atomic E-state index is 10.9. The highest BCUT2D eigenvalue weighted by atomic mass is 31.2. The number of hydrogen-bond donors (Lipinski definition) is 3. The van der Waals surface area contributed by atoms with Crippen LogP contribution in [0.2, 0.25) is 0 Å². The van der Waals surface area contributed by atoms with Gasteiger partial charge in [-0.05, 0) is 6.92 Å². The summed E-state index contributed by atoms with van der Waals surface area (Å²) in [4.78, 5) is 30.1. The average Bonchev–Trinajstić information content (AvgIpc) is 3.00. The van der Waals surface area contributed by atoms with Crippen LogP contribution in [-0.2, 0) is 9.30 Å². The molecule has 0 radical (unpaired) electrons. The molecule has 2 heterocycles. The van der Waals surface area contributed by atoms with Crippen LogP contribution in [0.1, 0.15) is 19.4 Å². The monoisotopic (exact) mass is 325 g/mol. The Morgan fingerprint density at radius 3 is 2.95 bits per heavy atom. The third kappa shape index (κ3) is 2.89. The number of rotatable bonds is 4. The number of allylic oxidation sites excluding steroid dienone is 1. The Morgan fingerprint density at radius 1 is 1.45 bits per heavy atom. The Labute approximate surface area is 126 Å². The fourth-order valence-electron chi connectivity index (χ4n) is 2.62. The molecule has 0 unspecified atom stereocenters. The first-order valence-electron chi connectivity index (χ1n) is 6.62. The Hall–Kier alpha value is -1.80. The Kier molecular flexibility index (Phi) is 3.73. The molecule has 2 atom stereocenters. The molecule has 10 heteroatoms. The van der Waals surface area contributed by atoms with Crippen molar-refractivity contribution in [2.75, 3.05) is 12.1 Å². The van der Waals surface area contributed by atoms with E-state index in [-0.39, 0.29) is 12.1 Å². The van der Waals surface area contributed by atoms with E-state index < -0.39 is 13.9 Å². The molecule has 1 aliphatic rings. The van der Waals surface area contributed by atoms with E-state index in [1.165, 1.54) is 6.33 Å². The Balaban J connectivity index is 1.82. The fraction of sp³-hybridized carbons (Fsp3) is 0.417. The summed E-state index contributed by atoms with van der Waals surface area (Å²) >= 11 is 0. The summed E-state index contributed by atoms with van der Waals surface area (Å²) in [6.45, 7) is 1.93.